The van der Waals surface area contributed by atoms with E-state index in [2.05, 4.69) is 26.1 Å². The van der Waals surface area contributed by atoms with Crippen molar-refractivity contribution in [2.45, 2.75) is 25.4 Å². The van der Waals surface area contributed by atoms with Crippen LogP contribution < -0.4 is 5.32 Å². The molecule has 5 heteroatoms. The number of hydrogen-bond acceptors (Lipinski definition) is 4. The summed E-state index contributed by atoms with van der Waals surface area (Å²) in [6.45, 7) is 4.71. The third-order valence-electron chi connectivity index (χ3n) is 3.31. The van der Waals surface area contributed by atoms with Crippen LogP contribution >= 0.6 is 15.9 Å². The van der Waals surface area contributed by atoms with Crippen LogP contribution in [0.2, 0.25) is 0 Å². The highest BCUT2D eigenvalue weighted by Gasteiger charge is 2.19. The van der Waals surface area contributed by atoms with Crippen molar-refractivity contribution in [2.24, 2.45) is 0 Å². The van der Waals surface area contributed by atoms with E-state index in [9.17, 15) is 0 Å². The van der Waals surface area contributed by atoms with Gasteiger partial charge in [0.1, 0.15) is 5.76 Å². The average Bonchev–Trinajstić information content (AvgIpc) is 2.99. The lowest BCUT2D eigenvalue weighted by molar-refractivity contribution is 0.133. The van der Waals surface area contributed by atoms with E-state index in [1.165, 1.54) is 12.8 Å². The number of hydrogen-bond donors (Lipinski definition) is 1. The smallest absolute Gasteiger partial charge is 0.131 e. The Balaban J connectivity index is 1.89. The molecule has 1 aliphatic rings. The van der Waals surface area contributed by atoms with Gasteiger partial charge in [0.25, 0.3) is 0 Å². The molecule has 0 aliphatic carbocycles. The Labute approximate surface area is 117 Å². The molecule has 2 heterocycles. The SMILES string of the molecule is COCCN(Cc1occc1Br)CC1CCCN1. The molecule has 1 aliphatic heterocycles. The number of nitrogens with zero attached hydrogens (tertiary/aromatic N) is 1. The Bertz CT molecular complexity index is 351. The first-order valence-corrected chi connectivity index (χ1v) is 7.25. The van der Waals surface area contributed by atoms with E-state index >= 15 is 0 Å². The minimum absolute atomic E-state index is 0.607. The highest BCUT2D eigenvalue weighted by molar-refractivity contribution is 9.10. The fourth-order valence-electron chi connectivity index (χ4n) is 2.32. The van der Waals surface area contributed by atoms with Crippen molar-refractivity contribution in [3.05, 3.63) is 22.6 Å². The molecule has 102 valence electrons. The van der Waals surface area contributed by atoms with Gasteiger partial charge < -0.3 is 14.5 Å². The molecule has 0 aromatic carbocycles. The summed E-state index contributed by atoms with van der Waals surface area (Å²) in [6.07, 6.45) is 4.28. The molecule has 0 radical (unpaired) electrons. The molecular weight excluding hydrogens is 296 g/mol. The summed E-state index contributed by atoms with van der Waals surface area (Å²) in [5.41, 5.74) is 0. The van der Waals surface area contributed by atoms with Crippen molar-refractivity contribution in [1.82, 2.24) is 10.2 Å². The number of furan rings is 1. The van der Waals surface area contributed by atoms with E-state index in [0.29, 0.717) is 6.04 Å². The molecule has 1 aromatic heterocycles. The van der Waals surface area contributed by atoms with Gasteiger partial charge in [-0.2, -0.15) is 0 Å². The zero-order valence-corrected chi connectivity index (χ0v) is 12.4. The topological polar surface area (TPSA) is 37.6 Å². The predicted molar refractivity (Wildman–Crippen MR) is 74.6 cm³/mol. The molecule has 1 fully saturated rings. The van der Waals surface area contributed by atoms with E-state index in [1.807, 2.05) is 6.07 Å². The zero-order chi connectivity index (χ0) is 12.8. The van der Waals surface area contributed by atoms with Crippen LogP contribution in [0.4, 0.5) is 0 Å². The van der Waals surface area contributed by atoms with Crippen LogP contribution in [0.3, 0.4) is 0 Å². The van der Waals surface area contributed by atoms with Crippen LogP contribution in [0.1, 0.15) is 18.6 Å². The molecule has 0 bridgehead atoms. The first-order valence-electron chi connectivity index (χ1n) is 6.46. The lowest BCUT2D eigenvalue weighted by Crippen LogP contribution is -2.38. The lowest BCUT2D eigenvalue weighted by atomic mass is 10.2. The number of ether oxygens (including phenoxy) is 1. The van der Waals surface area contributed by atoms with Crippen LogP contribution in [-0.2, 0) is 11.3 Å². The normalized spacial score (nSPS) is 19.8. The lowest BCUT2D eigenvalue weighted by Gasteiger charge is -2.24. The molecule has 1 aromatic rings. The summed E-state index contributed by atoms with van der Waals surface area (Å²) in [6, 6.07) is 2.55. The second kappa shape index (κ2) is 7.28. The van der Waals surface area contributed by atoms with Gasteiger partial charge in [-0.15, -0.1) is 0 Å². The second-order valence-corrected chi connectivity index (χ2v) is 5.57. The van der Waals surface area contributed by atoms with Crippen molar-refractivity contribution in [3.63, 3.8) is 0 Å². The van der Waals surface area contributed by atoms with Crippen LogP contribution in [0.5, 0.6) is 0 Å². The molecule has 1 saturated heterocycles. The number of nitrogens with one attached hydrogen (secondary N) is 1. The minimum Gasteiger partial charge on any atom is -0.467 e. The summed E-state index contributed by atoms with van der Waals surface area (Å²) in [5, 5.41) is 3.53. The van der Waals surface area contributed by atoms with Crippen molar-refractivity contribution in [1.29, 1.82) is 0 Å². The molecular formula is C13H21BrN2O2. The highest BCUT2D eigenvalue weighted by Crippen LogP contribution is 2.20. The number of methoxy groups -OCH3 is 1. The van der Waals surface area contributed by atoms with Crippen molar-refractivity contribution in [2.75, 3.05) is 33.4 Å². The van der Waals surface area contributed by atoms with Gasteiger partial charge in [0.15, 0.2) is 0 Å². The fraction of sp³-hybridized carbons (Fsp3) is 0.692. The Morgan fingerprint density at radius 3 is 3.11 bits per heavy atom. The van der Waals surface area contributed by atoms with Crippen LogP contribution in [0, 0.1) is 0 Å². The molecule has 0 saturated carbocycles. The Hall–Kier alpha value is -0.360. The van der Waals surface area contributed by atoms with E-state index in [1.54, 1.807) is 13.4 Å². The second-order valence-electron chi connectivity index (χ2n) is 4.71. The largest absolute Gasteiger partial charge is 0.467 e. The fourth-order valence-corrected chi connectivity index (χ4v) is 2.65. The zero-order valence-electron chi connectivity index (χ0n) is 10.8. The van der Waals surface area contributed by atoms with Gasteiger partial charge in [0, 0.05) is 26.2 Å². The van der Waals surface area contributed by atoms with Crippen LogP contribution in [-0.4, -0.2) is 44.3 Å². The average molecular weight is 317 g/mol. The van der Waals surface area contributed by atoms with E-state index < -0.39 is 0 Å². The molecule has 18 heavy (non-hydrogen) atoms. The summed E-state index contributed by atoms with van der Waals surface area (Å²) < 4.78 is 11.7. The number of halogens is 1. The number of rotatable bonds is 7. The molecule has 1 unspecified atom stereocenters. The Morgan fingerprint density at radius 2 is 2.50 bits per heavy atom. The first-order chi connectivity index (χ1) is 8.79. The summed E-state index contributed by atoms with van der Waals surface area (Å²) in [5.74, 6) is 0.990. The van der Waals surface area contributed by atoms with Gasteiger partial charge in [-0.05, 0) is 41.4 Å². The monoisotopic (exact) mass is 316 g/mol. The third kappa shape index (κ3) is 4.09. The molecule has 4 nitrogen and oxygen atoms in total. The molecule has 2 rings (SSSR count). The van der Waals surface area contributed by atoms with Gasteiger partial charge in [-0.3, -0.25) is 4.90 Å². The highest BCUT2D eigenvalue weighted by atomic mass is 79.9. The maximum atomic E-state index is 5.49. The summed E-state index contributed by atoms with van der Waals surface area (Å²) >= 11 is 3.51. The van der Waals surface area contributed by atoms with E-state index in [4.69, 9.17) is 9.15 Å². The van der Waals surface area contributed by atoms with Crippen molar-refractivity contribution >= 4 is 15.9 Å². The van der Waals surface area contributed by atoms with Crippen LogP contribution in [0.25, 0.3) is 0 Å². The maximum absolute atomic E-state index is 5.49. The van der Waals surface area contributed by atoms with Gasteiger partial charge in [0.2, 0.25) is 0 Å². The van der Waals surface area contributed by atoms with Gasteiger partial charge >= 0.3 is 0 Å². The predicted octanol–water partition coefficient (Wildman–Crippen LogP) is 2.24. The van der Waals surface area contributed by atoms with Gasteiger partial charge in [0.05, 0.1) is 23.9 Å². The molecule has 0 spiro atoms. The van der Waals surface area contributed by atoms with E-state index in [-0.39, 0.29) is 0 Å². The van der Waals surface area contributed by atoms with Crippen molar-refractivity contribution in [3.8, 4) is 0 Å². The standard InChI is InChI=1S/C13H21BrN2O2/c1-17-8-6-16(9-11-3-2-5-15-11)10-13-12(14)4-7-18-13/h4,7,11,15H,2-3,5-6,8-10H2,1H3. The minimum atomic E-state index is 0.607. The first kappa shape index (κ1) is 14.1. The van der Waals surface area contributed by atoms with E-state index in [0.717, 1.165) is 43.0 Å². The third-order valence-corrected chi connectivity index (χ3v) is 4.02. The summed E-state index contributed by atoms with van der Waals surface area (Å²) in [4.78, 5) is 2.38. The van der Waals surface area contributed by atoms with Crippen molar-refractivity contribution < 1.29 is 9.15 Å². The maximum Gasteiger partial charge on any atom is 0.131 e. The van der Waals surface area contributed by atoms with Gasteiger partial charge in [-0.25, -0.2) is 0 Å². The molecule has 1 atom stereocenters. The van der Waals surface area contributed by atoms with Crippen LogP contribution in [0.15, 0.2) is 21.2 Å². The molecule has 0 amide bonds. The Morgan fingerprint density at radius 1 is 1.61 bits per heavy atom. The van der Waals surface area contributed by atoms with Gasteiger partial charge in [-0.1, -0.05) is 0 Å². The molecule has 1 N–H and O–H groups in total. The summed E-state index contributed by atoms with van der Waals surface area (Å²) in [7, 11) is 1.74. The Kier molecular flexibility index (Phi) is 5.69. The quantitative estimate of drug-likeness (QED) is 0.837.